The molecule has 0 aliphatic carbocycles. The van der Waals surface area contributed by atoms with Gasteiger partial charge in [0.05, 0.1) is 28.2 Å². The van der Waals surface area contributed by atoms with Crippen LogP contribution in [0.25, 0.3) is 0 Å². The van der Waals surface area contributed by atoms with Crippen molar-refractivity contribution in [1.82, 2.24) is 0 Å². The molecule has 0 fully saturated rings. The number of hydrogen-bond acceptors (Lipinski definition) is 4. The zero-order chi connectivity index (χ0) is 21.7. The molecule has 0 aromatic heterocycles. The van der Waals surface area contributed by atoms with Gasteiger partial charge in [0, 0.05) is 10.7 Å². The molecule has 1 unspecified atom stereocenters. The van der Waals surface area contributed by atoms with Gasteiger partial charge in [-0.1, -0.05) is 67.1 Å². The molecule has 0 radical (unpaired) electrons. The van der Waals surface area contributed by atoms with Crippen LogP contribution in [0.1, 0.15) is 34.3 Å². The first kappa shape index (κ1) is 21.6. The van der Waals surface area contributed by atoms with E-state index in [4.69, 9.17) is 11.6 Å². The van der Waals surface area contributed by atoms with Crippen LogP contribution in [0, 0.1) is 11.3 Å². The van der Waals surface area contributed by atoms with Crippen molar-refractivity contribution >= 4 is 33.0 Å². The number of carbonyl (C=O) groups is 1. The second kappa shape index (κ2) is 9.12. The van der Waals surface area contributed by atoms with E-state index in [0.717, 1.165) is 5.56 Å². The van der Waals surface area contributed by atoms with Crippen LogP contribution >= 0.6 is 11.6 Å². The van der Waals surface area contributed by atoms with Gasteiger partial charge in [-0.3, -0.25) is 4.79 Å². The second-order valence-electron chi connectivity index (χ2n) is 6.56. The van der Waals surface area contributed by atoms with Gasteiger partial charge in [-0.2, -0.15) is 5.26 Å². The van der Waals surface area contributed by atoms with E-state index in [2.05, 4.69) is 11.4 Å². The molecular weight excluding hydrogens is 420 g/mol. The van der Waals surface area contributed by atoms with Crippen LogP contribution in [0.2, 0.25) is 5.02 Å². The first-order chi connectivity index (χ1) is 14.4. The third kappa shape index (κ3) is 4.54. The minimum absolute atomic E-state index is 0.0126. The van der Waals surface area contributed by atoms with E-state index in [-0.39, 0.29) is 16.2 Å². The van der Waals surface area contributed by atoms with Crippen molar-refractivity contribution in [2.24, 2.45) is 0 Å². The molecule has 1 amide bonds. The fraction of sp³-hybridized carbons (Fsp3) is 0.130. The van der Waals surface area contributed by atoms with Gasteiger partial charge in [0.2, 0.25) is 0 Å². The van der Waals surface area contributed by atoms with Crippen molar-refractivity contribution in [2.75, 3.05) is 11.1 Å². The number of sulfone groups is 1. The third-order valence-corrected chi connectivity index (χ3v) is 6.79. The van der Waals surface area contributed by atoms with E-state index >= 15 is 0 Å². The Hall–Kier alpha value is -3.14. The fourth-order valence-corrected chi connectivity index (χ4v) is 4.47. The zero-order valence-corrected chi connectivity index (χ0v) is 17.7. The molecule has 0 aliphatic rings. The summed E-state index contributed by atoms with van der Waals surface area (Å²) in [6.07, 6.45) is 0. The Kier molecular flexibility index (Phi) is 6.56. The van der Waals surface area contributed by atoms with Crippen molar-refractivity contribution < 1.29 is 13.2 Å². The highest BCUT2D eigenvalue weighted by molar-refractivity contribution is 7.91. The molecule has 0 bridgehead atoms. The zero-order valence-electron chi connectivity index (χ0n) is 16.2. The van der Waals surface area contributed by atoms with Crippen LogP contribution in [-0.4, -0.2) is 20.1 Å². The van der Waals surface area contributed by atoms with Crippen molar-refractivity contribution in [2.45, 2.75) is 17.7 Å². The van der Waals surface area contributed by atoms with Gasteiger partial charge >= 0.3 is 0 Å². The minimum atomic E-state index is -3.55. The van der Waals surface area contributed by atoms with Gasteiger partial charge in [-0.15, -0.1) is 0 Å². The summed E-state index contributed by atoms with van der Waals surface area (Å²) in [6.45, 7) is 1.53. The summed E-state index contributed by atoms with van der Waals surface area (Å²) < 4.78 is 24.6. The first-order valence-corrected chi connectivity index (χ1v) is 11.3. The monoisotopic (exact) mass is 438 g/mol. The largest absolute Gasteiger partial charge is 0.322 e. The van der Waals surface area contributed by atoms with Gasteiger partial charge in [0.15, 0.2) is 9.84 Å². The van der Waals surface area contributed by atoms with Crippen LogP contribution in [0.4, 0.5) is 5.69 Å². The number of nitrogens with one attached hydrogen (secondary N) is 1. The average molecular weight is 439 g/mol. The third-order valence-electron chi connectivity index (χ3n) is 4.68. The Morgan fingerprint density at radius 1 is 1.07 bits per heavy atom. The lowest BCUT2D eigenvalue weighted by atomic mass is 9.92. The summed E-state index contributed by atoms with van der Waals surface area (Å²) in [5.41, 5.74) is 1.91. The lowest BCUT2D eigenvalue weighted by molar-refractivity contribution is 0.102. The van der Waals surface area contributed by atoms with Crippen molar-refractivity contribution in [3.8, 4) is 6.07 Å². The normalized spacial score (nSPS) is 12.0. The molecule has 3 aromatic rings. The van der Waals surface area contributed by atoms with Gasteiger partial charge in [-0.25, -0.2) is 8.42 Å². The Bertz CT molecular complexity index is 1220. The van der Waals surface area contributed by atoms with E-state index in [9.17, 15) is 18.5 Å². The summed E-state index contributed by atoms with van der Waals surface area (Å²) in [7, 11) is -3.55. The number of nitrogens with zero attached hydrogens (tertiary/aromatic N) is 1. The van der Waals surface area contributed by atoms with E-state index in [1.807, 2.05) is 30.3 Å². The van der Waals surface area contributed by atoms with Crippen molar-refractivity contribution in [1.29, 1.82) is 5.26 Å². The molecule has 5 nitrogen and oxygen atoms in total. The van der Waals surface area contributed by atoms with Gasteiger partial charge in [0.25, 0.3) is 5.91 Å². The topological polar surface area (TPSA) is 87.0 Å². The van der Waals surface area contributed by atoms with E-state index in [1.165, 1.54) is 19.1 Å². The number of benzene rings is 3. The quantitative estimate of drug-likeness (QED) is 0.583. The fourth-order valence-electron chi connectivity index (χ4n) is 3.09. The van der Waals surface area contributed by atoms with Gasteiger partial charge in [0.1, 0.15) is 0 Å². The number of amides is 1. The highest BCUT2D eigenvalue weighted by Crippen LogP contribution is 2.32. The maximum Gasteiger partial charge on any atom is 0.256 e. The van der Waals surface area contributed by atoms with Crippen LogP contribution in [0.3, 0.4) is 0 Å². The minimum Gasteiger partial charge on any atom is -0.322 e. The summed E-state index contributed by atoms with van der Waals surface area (Å²) in [6, 6.07) is 22.5. The van der Waals surface area contributed by atoms with Gasteiger partial charge in [-0.05, 0) is 35.4 Å². The van der Waals surface area contributed by atoms with E-state index < -0.39 is 21.7 Å². The molecule has 3 aromatic carbocycles. The summed E-state index contributed by atoms with van der Waals surface area (Å²) >= 11 is 6.41. The molecule has 0 saturated heterocycles. The molecule has 30 heavy (non-hydrogen) atoms. The number of anilines is 1. The SMILES string of the molecule is CCS(=O)(=O)c1ccccc1C(=O)Nc1ccc(C(C#N)c2ccccc2)c(Cl)c1. The molecule has 0 spiro atoms. The highest BCUT2D eigenvalue weighted by Gasteiger charge is 2.21. The first-order valence-electron chi connectivity index (χ1n) is 9.24. The smallest absolute Gasteiger partial charge is 0.256 e. The summed E-state index contributed by atoms with van der Waals surface area (Å²) in [4.78, 5) is 12.7. The van der Waals surface area contributed by atoms with Crippen molar-refractivity contribution in [3.63, 3.8) is 0 Å². The molecule has 0 saturated carbocycles. The number of halogens is 1. The average Bonchev–Trinajstić information content (AvgIpc) is 2.76. The Morgan fingerprint density at radius 2 is 1.73 bits per heavy atom. The Labute approximate surface area is 180 Å². The number of nitriles is 1. The highest BCUT2D eigenvalue weighted by atomic mass is 35.5. The Morgan fingerprint density at radius 3 is 2.37 bits per heavy atom. The van der Waals surface area contributed by atoms with Crippen LogP contribution in [0.15, 0.2) is 77.7 Å². The Balaban J connectivity index is 1.89. The van der Waals surface area contributed by atoms with Crippen molar-refractivity contribution in [3.05, 3.63) is 94.5 Å². The van der Waals surface area contributed by atoms with Crippen LogP contribution in [-0.2, 0) is 9.84 Å². The summed E-state index contributed by atoms with van der Waals surface area (Å²) in [5.74, 6) is -1.20. The maximum absolute atomic E-state index is 12.7. The molecule has 7 heteroatoms. The molecule has 1 N–H and O–H groups in total. The van der Waals surface area contributed by atoms with Gasteiger partial charge < -0.3 is 5.32 Å². The van der Waals surface area contributed by atoms with Crippen LogP contribution in [0.5, 0.6) is 0 Å². The number of carbonyl (C=O) groups excluding carboxylic acids is 1. The second-order valence-corrected chi connectivity index (χ2v) is 9.22. The molecule has 3 rings (SSSR count). The maximum atomic E-state index is 12.7. The van der Waals surface area contributed by atoms with E-state index in [0.29, 0.717) is 16.3 Å². The predicted molar refractivity (Wildman–Crippen MR) is 117 cm³/mol. The molecular formula is C23H19ClN2O3S. The number of hydrogen-bond donors (Lipinski definition) is 1. The number of rotatable bonds is 6. The van der Waals surface area contributed by atoms with Crippen LogP contribution < -0.4 is 5.32 Å². The molecule has 152 valence electrons. The molecule has 1 atom stereocenters. The molecule has 0 heterocycles. The summed E-state index contributed by atoms with van der Waals surface area (Å²) in [5, 5.41) is 12.6. The lowest BCUT2D eigenvalue weighted by Crippen LogP contribution is -2.17. The van der Waals surface area contributed by atoms with E-state index in [1.54, 1.807) is 30.3 Å². The standard InChI is InChI=1S/C23H19ClN2O3S/c1-2-30(28,29)22-11-7-6-10-19(22)23(27)26-17-12-13-18(21(24)14-17)20(15-25)16-8-4-3-5-9-16/h3-14,20H,2H2,1H3,(H,26,27). The predicted octanol–water partition coefficient (Wildman–Crippen LogP) is 5.04. The molecule has 0 aliphatic heterocycles. The lowest BCUT2D eigenvalue weighted by Gasteiger charge is -2.14.